The quantitative estimate of drug-likeness (QED) is 0.773. The molecule has 116 valence electrons. The van der Waals surface area contributed by atoms with Crippen molar-refractivity contribution < 1.29 is 9.32 Å². The van der Waals surface area contributed by atoms with Crippen molar-refractivity contribution in [2.45, 2.75) is 6.54 Å². The standard InChI is InChI=1S/C15H13N5O3/c1-20(15(22)11-5-3-7-17-14(11)21)9-12-18-13(19-23-12)10-4-2-6-16-8-10/h2-8H,9H2,1H3,(H,17,21). The molecule has 0 spiro atoms. The Morgan fingerprint density at radius 3 is 2.96 bits per heavy atom. The van der Waals surface area contributed by atoms with Crippen molar-refractivity contribution in [2.75, 3.05) is 7.05 Å². The fourth-order valence-corrected chi connectivity index (χ4v) is 2.00. The van der Waals surface area contributed by atoms with Crippen molar-refractivity contribution >= 4 is 5.91 Å². The maximum Gasteiger partial charge on any atom is 0.260 e. The lowest BCUT2D eigenvalue weighted by molar-refractivity contribution is 0.0768. The Labute approximate surface area is 130 Å². The van der Waals surface area contributed by atoms with Crippen LogP contribution in [0.1, 0.15) is 16.2 Å². The largest absolute Gasteiger partial charge is 0.337 e. The average molecular weight is 311 g/mol. The van der Waals surface area contributed by atoms with Gasteiger partial charge in [-0.2, -0.15) is 4.98 Å². The van der Waals surface area contributed by atoms with Crippen LogP contribution in [0.15, 0.2) is 52.2 Å². The number of pyridine rings is 2. The van der Waals surface area contributed by atoms with Crippen molar-refractivity contribution in [3.8, 4) is 11.4 Å². The van der Waals surface area contributed by atoms with Gasteiger partial charge in [0.15, 0.2) is 0 Å². The molecule has 3 aromatic heterocycles. The fraction of sp³-hybridized carbons (Fsp3) is 0.133. The van der Waals surface area contributed by atoms with E-state index >= 15 is 0 Å². The summed E-state index contributed by atoms with van der Waals surface area (Å²) in [4.78, 5) is 35.9. The molecule has 0 aliphatic carbocycles. The Kier molecular flexibility index (Phi) is 3.96. The molecule has 8 nitrogen and oxygen atoms in total. The smallest absolute Gasteiger partial charge is 0.260 e. The number of carbonyl (C=O) groups is 1. The van der Waals surface area contributed by atoms with E-state index in [2.05, 4.69) is 20.1 Å². The molecular formula is C15H13N5O3. The number of hydrogen-bond donors (Lipinski definition) is 1. The third-order valence-corrected chi connectivity index (χ3v) is 3.16. The SMILES string of the molecule is CN(Cc1nc(-c2cccnc2)no1)C(=O)c1ccc[nH]c1=O. The first-order valence-electron chi connectivity index (χ1n) is 6.81. The predicted octanol–water partition coefficient (Wildman–Crippen LogP) is 1.09. The van der Waals surface area contributed by atoms with Gasteiger partial charge in [-0.1, -0.05) is 5.16 Å². The minimum absolute atomic E-state index is 0.0574. The lowest BCUT2D eigenvalue weighted by Gasteiger charge is -2.13. The van der Waals surface area contributed by atoms with Crippen LogP contribution >= 0.6 is 0 Å². The van der Waals surface area contributed by atoms with Gasteiger partial charge < -0.3 is 14.4 Å². The van der Waals surface area contributed by atoms with E-state index in [4.69, 9.17) is 4.52 Å². The van der Waals surface area contributed by atoms with Crippen LogP contribution in [0.2, 0.25) is 0 Å². The van der Waals surface area contributed by atoms with Crippen LogP contribution in [0.25, 0.3) is 11.4 Å². The first-order valence-corrected chi connectivity index (χ1v) is 6.81. The summed E-state index contributed by atoms with van der Waals surface area (Å²) in [5.74, 6) is 0.242. The van der Waals surface area contributed by atoms with Crippen LogP contribution in [0, 0.1) is 0 Å². The van der Waals surface area contributed by atoms with Crippen LogP contribution in [-0.4, -0.2) is 38.0 Å². The summed E-state index contributed by atoms with van der Waals surface area (Å²) < 4.78 is 5.14. The van der Waals surface area contributed by atoms with Crippen molar-refractivity contribution in [3.05, 3.63) is 64.7 Å². The summed E-state index contributed by atoms with van der Waals surface area (Å²) in [7, 11) is 1.56. The first-order chi connectivity index (χ1) is 11.1. The third kappa shape index (κ3) is 3.15. The zero-order chi connectivity index (χ0) is 16.2. The van der Waals surface area contributed by atoms with Gasteiger partial charge in [-0.25, -0.2) is 0 Å². The van der Waals surface area contributed by atoms with E-state index in [1.54, 1.807) is 37.6 Å². The Hall–Kier alpha value is -3.29. The molecule has 0 unspecified atom stereocenters. The number of aromatic nitrogens is 4. The number of nitrogens with one attached hydrogen (secondary N) is 1. The molecule has 0 aliphatic heterocycles. The number of nitrogens with zero attached hydrogens (tertiary/aromatic N) is 4. The summed E-state index contributed by atoms with van der Waals surface area (Å²) in [5, 5.41) is 3.86. The molecule has 0 atom stereocenters. The topological polar surface area (TPSA) is 105 Å². The highest BCUT2D eigenvalue weighted by Gasteiger charge is 2.18. The summed E-state index contributed by atoms with van der Waals surface area (Å²) in [6, 6.07) is 6.63. The molecular weight excluding hydrogens is 298 g/mol. The number of carbonyl (C=O) groups excluding carboxylic acids is 1. The van der Waals surface area contributed by atoms with Gasteiger partial charge in [0, 0.05) is 31.2 Å². The van der Waals surface area contributed by atoms with E-state index in [-0.39, 0.29) is 18.0 Å². The Balaban J connectivity index is 1.75. The van der Waals surface area contributed by atoms with Gasteiger partial charge in [0.2, 0.25) is 11.7 Å². The zero-order valence-corrected chi connectivity index (χ0v) is 12.3. The number of amides is 1. The van der Waals surface area contributed by atoms with E-state index in [9.17, 15) is 9.59 Å². The van der Waals surface area contributed by atoms with Crippen molar-refractivity contribution in [3.63, 3.8) is 0 Å². The van der Waals surface area contributed by atoms with Crippen LogP contribution in [0.5, 0.6) is 0 Å². The number of aromatic amines is 1. The van der Waals surface area contributed by atoms with Gasteiger partial charge >= 0.3 is 0 Å². The Morgan fingerprint density at radius 1 is 1.35 bits per heavy atom. The van der Waals surface area contributed by atoms with Crippen molar-refractivity contribution in [1.29, 1.82) is 0 Å². The van der Waals surface area contributed by atoms with Crippen LogP contribution in [-0.2, 0) is 6.54 Å². The average Bonchev–Trinajstić information content (AvgIpc) is 3.04. The van der Waals surface area contributed by atoms with Gasteiger partial charge in [-0.3, -0.25) is 14.6 Å². The highest BCUT2D eigenvalue weighted by Crippen LogP contribution is 2.14. The summed E-state index contributed by atoms with van der Waals surface area (Å²) in [6.45, 7) is 0.0976. The second kappa shape index (κ2) is 6.22. The maximum absolute atomic E-state index is 12.3. The van der Waals surface area contributed by atoms with E-state index in [0.29, 0.717) is 5.82 Å². The van der Waals surface area contributed by atoms with Gasteiger partial charge in [0.05, 0.1) is 0 Å². The van der Waals surface area contributed by atoms with Crippen LogP contribution in [0.4, 0.5) is 0 Å². The summed E-state index contributed by atoms with van der Waals surface area (Å²) >= 11 is 0. The molecule has 3 aromatic rings. The highest BCUT2D eigenvalue weighted by molar-refractivity contribution is 5.93. The minimum Gasteiger partial charge on any atom is -0.337 e. The molecule has 0 saturated carbocycles. The van der Waals surface area contributed by atoms with Gasteiger partial charge in [0.1, 0.15) is 12.1 Å². The molecule has 8 heteroatoms. The van der Waals surface area contributed by atoms with Gasteiger partial charge in [-0.15, -0.1) is 0 Å². The highest BCUT2D eigenvalue weighted by atomic mass is 16.5. The number of hydrogen-bond acceptors (Lipinski definition) is 6. The molecule has 0 saturated heterocycles. The van der Waals surface area contributed by atoms with E-state index in [1.807, 2.05) is 0 Å². The molecule has 0 fully saturated rings. The lowest BCUT2D eigenvalue weighted by atomic mass is 10.2. The Morgan fingerprint density at radius 2 is 2.22 bits per heavy atom. The monoisotopic (exact) mass is 311 g/mol. The van der Waals surface area contributed by atoms with E-state index in [0.717, 1.165) is 5.56 Å². The molecule has 0 aliphatic rings. The molecule has 1 N–H and O–H groups in total. The molecule has 3 heterocycles. The number of rotatable bonds is 4. The first kappa shape index (κ1) is 14.6. The summed E-state index contributed by atoms with van der Waals surface area (Å²) in [6.07, 6.45) is 4.73. The zero-order valence-electron chi connectivity index (χ0n) is 12.3. The number of H-pyrrole nitrogens is 1. The van der Waals surface area contributed by atoms with Crippen LogP contribution in [0.3, 0.4) is 0 Å². The second-order valence-electron chi connectivity index (χ2n) is 4.83. The third-order valence-electron chi connectivity index (χ3n) is 3.16. The van der Waals surface area contributed by atoms with Crippen molar-refractivity contribution in [1.82, 2.24) is 25.0 Å². The van der Waals surface area contributed by atoms with Gasteiger partial charge in [-0.05, 0) is 24.3 Å². The second-order valence-corrected chi connectivity index (χ2v) is 4.83. The molecule has 0 bridgehead atoms. The molecule has 3 rings (SSSR count). The van der Waals surface area contributed by atoms with Crippen molar-refractivity contribution in [2.24, 2.45) is 0 Å². The maximum atomic E-state index is 12.3. The minimum atomic E-state index is -0.439. The van der Waals surface area contributed by atoms with Gasteiger partial charge in [0.25, 0.3) is 11.5 Å². The fourth-order valence-electron chi connectivity index (χ4n) is 2.00. The molecule has 0 radical (unpaired) electrons. The predicted molar refractivity (Wildman–Crippen MR) is 80.4 cm³/mol. The van der Waals surface area contributed by atoms with E-state index < -0.39 is 11.5 Å². The summed E-state index contributed by atoms with van der Waals surface area (Å²) in [5.41, 5.74) is 0.337. The normalized spacial score (nSPS) is 10.5. The van der Waals surface area contributed by atoms with Crippen LogP contribution < -0.4 is 5.56 Å². The lowest BCUT2D eigenvalue weighted by Crippen LogP contribution is -2.31. The molecule has 0 aromatic carbocycles. The Bertz CT molecular complexity index is 872. The van der Waals surface area contributed by atoms with E-state index in [1.165, 1.54) is 17.2 Å². The molecule has 1 amide bonds. The molecule has 23 heavy (non-hydrogen) atoms.